The van der Waals surface area contributed by atoms with Gasteiger partial charge in [0.2, 0.25) is 0 Å². The minimum atomic E-state index is 1.09. The summed E-state index contributed by atoms with van der Waals surface area (Å²) < 4.78 is 4.59. The Hall–Kier alpha value is -2.83. The Morgan fingerprint density at radius 2 is 1.74 bits per heavy atom. The van der Waals surface area contributed by atoms with E-state index in [-0.39, 0.29) is 0 Å². The highest BCUT2D eigenvalue weighted by Gasteiger charge is 2.20. The van der Waals surface area contributed by atoms with E-state index in [2.05, 4.69) is 100 Å². The number of fused-ring (bicyclic) bond motifs is 3. The molecule has 2 aromatic carbocycles. The summed E-state index contributed by atoms with van der Waals surface area (Å²) in [7, 11) is 5.74. The van der Waals surface area contributed by atoms with Crippen LogP contribution < -0.4 is 0 Å². The van der Waals surface area contributed by atoms with Crippen molar-refractivity contribution in [3.63, 3.8) is 0 Å². The molecular weight excluding hydrogens is 347 g/mol. The van der Waals surface area contributed by atoms with Crippen LogP contribution in [0.4, 0.5) is 0 Å². The number of benzene rings is 2. The topological polar surface area (TPSA) is 9.86 Å². The average molecular weight is 370 g/mol. The summed E-state index contributed by atoms with van der Waals surface area (Å²) in [5, 5.41) is 2.53. The van der Waals surface area contributed by atoms with Crippen molar-refractivity contribution < 1.29 is 0 Å². The third kappa shape index (κ3) is 2.44. The van der Waals surface area contributed by atoms with Crippen LogP contribution in [-0.2, 0) is 7.05 Å². The van der Waals surface area contributed by atoms with Crippen molar-refractivity contribution in [2.24, 2.45) is 7.05 Å². The van der Waals surface area contributed by atoms with E-state index < -0.39 is 0 Å². The Balaban J connectivity index is 2.24. The van der Waals surface area contributed by atoms with Crippen LogP contribution in [0, 0.1) is 6.92 Å². The molecule has 4 rings (SSSR count). The number of aryl methyl sites for hydroxylation is 1. The van der Waals surface area contributed by atoms with Crippen LogP contribution >= 0.6 is 8.86 Å². The predicted octanol–water partition coefficient (Wildman–Crippen LogP) is 6.40. The van der Waals surface area contributed by atoms with E-state index in [0.29, 0.717) is 0 Å². The minimum absolute atomic E-state index is 1.09. The van der Waals surface area contributed by atoms with Gasteiger partial charge in [-0.2, -0.15) is 0 Å². The average Bonchev–Trinajstić information content (AvgIpc) is 3.14. The molecule has 27 heavy (non-hydrogen) atoms. The van der Waals surface area contributed by atoms with Gasteiger partial charge in [0, 0.05) is 34.6 Å². The number of hydrogen-bond donors (Lipinski definition) is 0. The molecule has 0 saturated heterocycles. The molecule has 4 aromatic rings. The monoisotopic (exact) mass is 370 g/mol. The van der Waals surface area contributed by atoms with E-state index >= 15 is 0 Å². The van der Waals surface area contributed by atoms with Crippen molar-refractivity contribution in [2.75, 3.05) is 0 Å². The summed E-state index contributed by atoms with van der Waals surface area (Å²) >= 11 is 0. The minimum Gasteiger partial charge on any atom is -0.344 e. The fourth-order valence-corrected chi connectivity index (χ4v) is 4.49. The van der Waals surface area contributed by atoms with E-state index in [1.165, 1.54) is 38.8 Å². The molecule has 0 fully saturated rings. The summed E-state index contributed by atoms with van der Waals surface area (Å²) in [6.07, 6.45) is 6.20. The highest BCUT2D eigenvalue weighted by molar-refractivity contribution is 7.19. The van der Waals surface area contributed by atoms with Gasteiger partial charge in [0.1, 0.15) is 0 Å². The first-order valence-electron chi connectivity index (χ1n) is 9.11. The lowest BCUT2D eigenvalue weighted by Crippen LogP contribution is -2.01. The van der Waals surface area contributed by atoms with Gasteiger partial charge in [0.15, 0.2) is 0 Å². The quantitative estimate of drug-likeness (QED) is 0.368. The molecule has 2 nitrogen and oxygen atoms in total. The van der Waals surface area contributed by atoms with Gasteiger partial charge in [-0.05, 0) is 55.6 Å². The van der Waals surface area contributed by atoms with Crippen LogP contribution in [0.5, 0.6) is 0 Å². The first kappa shape index (κ1) is 17.6. The molecule has 0 bridgehead atoms. The molecule has 0 saturated carbocycles. The van der Waals surface area contributed by atoms with Crippen molar-refractivity contribution in [2.45, 2.75) is 13.8 Å². The molecule has 3 heteroatoms. The van der Waals surface area contributed by atoms with Gasteiger partial charge in [-0.1, -0.05) is 36.9 Å². The predicted molar refractivity (Wildman–Crippen MR) is 123 cm³/mol. The molecule has 0 unspecified atom stereocenters. The molecule has 0 aliphatic heterocycles. The molecule has 0 atom stereocenters. The maximum absolute atomic E-state index is 4.10. The van der Waals surface area contributed by atoms with Crippen LogP contribution in [0.2, 0.25) is 0 Å². The van der Waals surface area contributed by atoms with Crippen molar-refractivity contribution in [1.29, 1.82) is 0 Å². The van der Waals surface area contributed by atoms with Gasteiger partial charge in [-0.25, -0.2) is 0 Å². The highest BCUT2D eigenvalue weighted by Crippen LogP contribution is 2.36. The maximum atomic E-state index is 4.10. The largest absolute Gasteiger partial charge is 0.344 e. The number of aromatic nitrogens is 2. The second-order valence-corrected chi connectivity index (χ2v) is 7.03. The van der Waals surface area contributed by atoms with E-state index in [1.54, 1.807) is 0 Å². The van der Waals surface area contributed by atoms with Crippen molar-refractivity contribution in [3.8, 4) is 5.69 Å². The smallest absolute Gasteiger partial charge is 0.0562 e. The second-order valence-electron chi connectivity index (χ2n) is 6.74. The molecule has 2 heterocycles. The lowest BCUT2D eigenvalue weighted by molar-refractivity contribution is 1.01. The fourth-order valence-electron chi connectivity index (χ4n) is 4.13. The Bertz CT molecular complexity index is 1230. The Labute approximate surface area is 162 Å². The molecule has 0 aliphatic rings. The van der Waals surface area contributed by atoms with Gasteiger partial charge >= 0.3 is 0 Å². The van der Waals surface area contributed by atoms with Crippen molar-refractivity contribution in [1.82, 2.24) is 9.13 Å². The molecule has 0 radical (unpaired) electrons. The van der Waals surface area contributed by atoms with Crippen LogP contribution in [-0.4, -0.2) is 14.9 Å². The SMILES string of the molecule is C=Cc1c(C=P)c(C)c(/C=C\C)n1-c1cccc2c1c1ccccc1n2C. The van der Waals surface area contributed by atoms with E-state index in [0.717, 1.165) is 11.3 Å². The Morgan fingerprint density at radius 3 is 2.44 bits per heavy atom. The number of nitrogens with zero attached hydrogens (tertiary/aromatic N) is 2. The van der Waals surface area contributed by atoms with Crippen LogP contribution in [0.1, 0.15) is 29.4 Å². The first-order valence-corrected chi connectivity index (χ1v) is 9.69. The lowest BCUT2D eigenvalue weighted by Gasteiger charge is -2.13. The van der Waals surface area contributed by atoms with E-state index in [9.17, 15) is 0 Å². The molecule has 0 aliphatic carbocycles. The van der Waals surface area contributed by atoms with Gasteiger partial charge < -0.3 is 9.13 Å². The van der Waals surface area contributed by atoms with Gasteiger partial charge in [0.05, 0.1) is 16.9 Å². The number of para-hydroxylation sites is 1. The third-order valence-corrected chi connectivity index (χ3v) is 5.65. The maximum Gasteiger partial charge on any atom is 0.0562 e. The van der Waals surface area contributed by atoms with Crippen LogP contribution in [0.25, 0.3) is 39.6 Å². The molecule has 0 amide bonds. The molecular formula is C24H23N2P. The fraction of sp³-hybridized carbons (Fsp3) is 0.125. The lowest BCUT2D eigenvalue weighted by atomic mass is 10.1. The summed E-state index contributed by atoms with van der Waals surface area (Å²) in [6.45, 7) is 8.31. The standard InChI is InChI=1S/C24H23N2P/c1-5-10-20-16(3)18(15-27)19(6-2)26(20)23-14-9-13-22-24(23)17-11-7-8-12-21(17)25(22)4/h5-15,27H,2H2,1,3-4H3/b10-5-. The van der Waals surface area contributed by atoms with E-state index in [4.69, 9.17) is 0 Å². The molecule has 0 N–H and O–H groups in total. The van der Waals surface area contributed by atoms with Gasteiger partial charge in [0.25, 0.3) is 0 Å². The molecule has 2 aromatic heterocycles. The molecule has 134 valence electrons. The summed E-state index contributed by atoms with van der Waals surface area (Å²) in [5.41, 5.74) is 8.31. The van der Waals surface area contributed by atoms with Crippen molar-refractivity contribution in [3.05, 3.63) is 77.6 Å². The second kappa shape index (κ2) is 6.72. The van der Waals surface area contributed by atoms with Crippen molar-refractivity contribution >= 4 is 48.6 Å². The summed E-state index contributed by atoms with van der Waals surface area (Å²) in [4.78, 5) is 0. The zero-order chi connectivity index (χ0) is 19.1. The number of allylic oxidation sites excluding steroid dienone is 1. The number of rotatable bonds is 4. The third-order valence-electron chi connectivity index (χ3n) is 5.37. The number of hydrogen-bond acceptors (Lipinski definition) is 0. The Morgan fingerprint density at radius 1 is 1.00 bits per heavy atom. The summed E-state index contributed by atoms with van der Waals surface area (Å²) in [5.74, 6) is 1.99. The Kier molecular flexibility index (Phi) is 4.37. The normalized spacial score (nSPS) is 11.7. The molecule has 0 spiro atoms. The van der Waals surface area contributed by atoms with Gasteiger partial charge in [-0.15, -0.1) is 8.86 Å². The zero-order valence-electron chi connectivity index (χ0n) is 16.0. The van der Waals surface area contributed by atoms with Crippen LogP contribution in [0.3, 0.4) is 0 Å². The zero-order valence-corrected chi connectivity index (χ0v) is 17.0. The summed E-state index contributed by atoms with van der Waals surface area (Å²) in [6, 6.07) is 15.1. The van der Waals surface area contributed by atoms with Gasteiger partial charge in [-0.3, -0.25) is 0 Å². The van der Waals surface area contributed by atoms with E-state index in [1.807, 2.05) is 11.9 Å². The highest BCUT2D eigenvalue weighted by atomic mass is 31.0. The first-order chi connectivity index (χ1) is 13.1. The van der Waals surface area contributed by atoms with Crippen LogP contribution in [0.15, 0.2) is 55.1 Å².